The first-order valence-electron chi connectivity index (χ1n) is 8.90. The van der Waals surface area contributed by atoms with E-state index in [2.05, 4.69) is 15.2 Å². The van der Waals surface area contributed by atoms with Crippen molar-refractivity contribution in [3.05, 3.63) is 35.6 Å². The SMILES string of the molecule is CCNC(=NCCCS(C)(=O)=O)N1CC(C)OC(c2ccc(F)cc2)C1. The summed E-state index contributed by atoms with van der Waals surface area (Å²) in [5.41, 5.74) is 0.927. The number of morpholine rings is 1. The molecule has 1 aliphatic rings. The second-order valence-corrected chi connectivity index (χ2v) is 8.87. The van der Waals surface area contributed by atoms with Gasteiger partial charge >= 0.3 is 0 Å². The molecule has 0 spiro atoms. The van der Waals surface area contributed by atoms with Gasteiger partial charge in [-0.3, -0.25) is 4.99 Å². The summed E-state index contributed by atoms with van der Waals surface area (Å²) in [5.74, 6) is 0.617. The van der Waals surface area contributed by atoms with Crippen LogP contribution in [0.5, 0.6) is 0 Å². The lowest BCUT2D eigenvalue weighted by Crippen LogP contribution is -2.50. The number of aliphatic imine (C=N–C) groups is 1. The van der Waals surface area contributed by atoms with E-state index in [0.717, 1.165) is 18.1 Å². The van der Waals surface area contributed by atoms with Gasteiger partial charge in [-0.25, -0.2) is 12.8 Å². The first-order chi connectivity index (χ1) is 12.3. The number of hydrogen-bond acceptors (Lipinski definition) is 4. The maximum absolute atomic E-state index is 13.2. The van der Waals surface area contributed by atoms with E-state index in [4.69, 9.17) is 4.74 Å². The lowest BCUT2D eigenvalue weighted by Gasteiger charge is -2.38. The van der Waals surface area contributed by atoms with Gasteiger partial charge in [0.1, 0.15) is 21.8 Å². The maximum atomic E-state index is 13.2. The van der Waals surface area contributed by atoms with E-state index in [1.54, 1.807) is 12.1 Å². The smallest absolute Gasteiger partial charge is 0.194 e. The maximum Gasteiger partial charge on any atom is 0.194 e. The first-order valence-corrected chi connectivity index (χ1v) is 11.0. The Kier molecular flexibility index (Phi) is 7.40. The number of halogens is 1. The Hall–Kier alpha value is -1.67. The van der Waals surface area contributed by atoms with Crippen molar-refractivity contribution in [2.45, 2.75) is 32.5 Å². The normalized spacial score (nSPS) is 21.7. The second-order valence-electron chi connectivity index (χ2n) is 6.61. The molecule has 26 heavy (non-hydrogen) atoms. The average molecular weight is 386 g/mol. The molecule has 2 atom stereocenters. The van der Waals surface area contributed by atoms with Crippen molar-refractivity contribution in [2.24, 2.45) is 4.99 Å². The molecule has 0 amide bonds. The highest BCUT2D eigenvalue weighted by Gasteiger charge is 2.28. The zero-order valence-corrected chi connectivity index (χ0v) is 16.4. The Bertz CT molecular complexity index is 707. The summed E-state index contributed by atoms with van der Waals surface area (Å²) < 4.78 is 41.7. The van der Waals surface area contributed by atoms with Crippen LogP contribution in [0.1, 0.15) is 31.9 Å². The fraction of sp³-hybridized carbons (Fsp3) is 0.611. The van der Waals surface area contributed by atoms with Gasteiger partial charge in [-0.15, -0.1) is 0 Å². The number of benzene rings is 1. The number of sulfone groups is 1. The third-order valence-corrected chi connectivity index (χ3v) is 5.10. The minimum Gasteiger partial charge on any atom is -0.367 e. The van der Waals surface area contributed by atoms with Crippen LogP contribution >= 0.6 is 0 Å². The van der Waals surface area contributed by atoms with Crippen LogP contribution in [-0.2, 0) is 14.6 Å². The van der Waals surface area contributed by atoms with Crippen molar-refractivity contribution < 1.29 is 17.5 Å². The van der Waals surface area contributed by atoms with Gasteiger partial charge in [-0.05, 0) is 38.0 Å². The van der Waals surface area contributed by atoms with Gasteiger partial charge in [-0.1, -0.05) is 12.1 Å². The average Bonchev–Trinajstić information content (AvgIpc) is 2.57. The third kappa shape index (κ3) is 6.57. The van der Waals surface area contributed by atoms with Crippen LogP contribution in [0, 0.1) is 5.82 Å². The number of nitrogens with one attached hydrogen (secondary N) is 1. The van der Waals surface area contributed by atoms with Gasteiger partial charge in [0.2, 0.25) is 0 Å². The lowest BCUT2D eigenvalue weighted by molar-refractivity contribution is -0.0605. The molecular formula is C18H28FN3O3S. The van der Waals surface area contributed by atoms with E-state index in [1.807, 2.05) is 13.8 Å². The summed E-state index contributed by atoms with van der Waals surface area (Å²) in [6.07, 6.45) is 1.56. The van der Waals surface area contributed by atoms with E-state index in [9.17, 15) is 12.8 Å². The van der Waals surface area contributed by atoms with Crippen LogP contribution in [0.2, 0.25) is 0 Å². The van der Waals surface area contributed by atoms with Crippen LogP contribution in [-0.4, -0.2) is 63.6 Å². The molecule has 146 valence electrons. The Morgan fingerprint density at radius 2 is 2.04 bits per heavy atom. The summed E-state index contributed by atoms with van der Waals surface area (Å²) >= 11 is 0. The fourth-order valence-electron chi connectivity index (χ4n) is 2.92. The predicted octanol–water partition coefficient (Wildman–Crippen LogP) is 1.99. The molecule has 0 radical (unpaired) electrons. The number of guanidine groups is 1. The van der Waals surface area contributed by atoms with E-state index in [1.165, 1.54) is 18.4 Å². The zero-order chi connectivity index (χ0) is 19.2. The molecule has 1 fully saturated rings. The molecule has 1 aromatic rings. The molecule has 1 aromatic carbocycles. The van der Waals surface area contributed by atoms with Crippen molar-refractivity contribution in [2.75, 3.05) is 38.2 Å². The number of ether oxygens (including phenoxy) is 1. The highest BCUT2D eigenvalue weighted by molar-refractivity contribution is 7.90. The van der Waals surface area contributed by atoms with Crippen LogP contribution in [0.15, 0.2) is 29.3 Å². The molecule has 0 bridgehead atoms. The number of rotatable bonds is 6. The number of nitrogens with zero attached hydrogens (tertiary/aromatic N) is 2. The Labute approximate surface area is 155 Å². The Morgan fingerprint density at radius 3 is 2.65 bits per heavy atom. The monoisotopic (exact) mass is 385 g/mol. The third-order valence-electron chi connectivity index (χ3n) is 4.07. The largest absolute Gasteiger partial charge is 0.367 e. The molecule has 0 aromatic heterocycles. The lowest BCUT2D eigenvalue weighted by atomic mass is 10.1. The van der Waals surface area contributed by atoms with E-state index < -0.39 is 9.84 Å². The van der Waals surface area contributed by atoms with Crippen molar-refractivity contribution >= 4 is 15.8 Å². The van der Waals surface area contributed by atoms with Gasteiger partial charge in [0.05, 0.1) is 18.4 Å². The standard InChI is InChI=1S/C18H28FN3O3S/c1-4-20-18(21-10-5-11-26(3,23)24)22-12-14(2)25-17(13-22)15-6-8-16(19)9-7-15/h6-9,14,17H,4-5,10-13H2,1-3H3,(H,20,21). The molecule has 8 heteroatoms. The minimum atomic E-state index is -2.97. The summed E-state index contributed by atoms with van der Waals surface area (Å²) in [6.45, 7) is 6.45. The van der Waals surface area contributed by atoms with Crippen molar-refractivity contribution in [3.8, 4) is 0 Å². The zero-order valence-electron chi connectivity index (χ0n) is 15.6. The van der Waals surface area contributed by atoms with Gasteiger partial charge in [0.25, 0.3) is 0 Å². The molecule has 2 unspecified atom stereocenters. The summed E-state index contributed by atoms with van der Waals surface area (Å²) in [5, 5.41) is 3.26. The van der Waals surface area contributed by atoms with E-state index >= 15 is 0 Å². The summed E-state index contributed by atoms with van der Waals surface area (Å²) in [7, 11) is -2.97. The highest BCUT2D eigenvalue weighted by Crippen LogP contribution is 2.25. The molecule has 0 saturated carbocycles. The van der Waals surface area contributed by atoms with E-state index in [-0.39, 0.29) is 23.8 Å². The summed E-state index contributed by atoms with van der Waals surface area (Å²) in [6, 6.07) is 6.36. The Morgan fingerprint density at radius 1 is 1.35 bits per heavy atom. The fourth-order valence-corrected chi connectivity index (χ4v) is 3.58. The van der Waals surface area contributed by atoms with Gasteiger partial charge in [0, 0.05) is 25.9 Å². The van der Waals surface area contributed by atoms with Gasteiger partial charge in [-0.2, -0.15) is 0 Å². The highest BCUT2D eigenvalue weighted by atomic mass is 32.2. The Balaban J connectivity index is 2.07. The van der Waals surface area contributed by atoms with Crippen LogP contribution in [0.3, 0.4) is 0 Å². The van der Waals surface area contributed by atoms with Crippen molar-refractivity contribution in [1.29, 1.82) is 0 Å². The van der Waals surface area contributed by atoms with Crippen LogP contribution < -0.4 is 5.32 Å². The molecular weight excluding hydrogens is 357 g/mol. The van der Waals surface area contributed by atoms with Crippen LogP contribution in [0.4, 0.5) is 4.39 Å². The quantitative estimate of drug-likeness (QED) is 0.461. The molecule has 1 aliphatic heterocycles. The van der Waals surface area contributed by atoms with Gasteiger partial charge in [0.15, 0.2) is 5.96 Å². The first kappa shape index (κ1) is 20.6. The number of hydrogen-bond donors (Lipinski definition) is 1. The molecule has 6 nitrogen and oxygen atoms in total. The van der Waals surface area contributed by atoms with Gasteiger partial charge < -0.3 is 15.0 Å². The topological polar surface area (TPSA) is 71.0 Å². The second kappa shape index (κ2) is 9.32. The predicted molar refractivity (Wildman–Crippen MR) is 102 cm³/mol. The van der Waals surface area contributed by atoms with E-state index in [0.29, 0.717) is 26.1 Å². The molecule has 1 saturated heterocycles. The molecule has 1 N–H and O–H groups in total. The molecule has 0 aliphatic carbocycles. The molecule has 1 heterocycles. The minimum absolute atomic E-state index is 0.00122. The summed E-state index contributed by atoms with van der Waals surface area (Å²) in [4.78, 5) is 6.69. The van der Waals surface area contributed by atoms with Crippen molar-refractivity contribution in [3.63, 3.8) is 0 Å². The van der Waals surface area contributed by atoms with Crippen LogP contribution in [0.25, 0.3) is 0 Å². The van der Waals surface area contributed by atoms with Crippen molar-refractivity contribution in [1.82, 2.24) is 10.2 Å². The molecule has 2 rings (SSSR count).